The van der Waals surface area contributed by atoms with Crippen molar-refractivity contribution in [2.45, 2.75) is 117 Å². The number of ether oxygens (including phenoxy) is 11. The van der Waals surface area contributed by atoms with Crippen molar-refractivity contribution in [3.8, 4) is 5.88 Å². The molecule has 53 heavy (non-hydrogen) atoms. The van der Waals surface area contributed by atoms with Crippen LogP contribution in [0.4, 0.5) is 0 Å². The summed E-state index contributed by atoms with van der Waals surface area (Å²) in [6, 6.07) is 1.32. The van der Waals surface area contributed by atoms with E-state index < -0.39 is 122 Å². The Morgan fingerprint density at radius 1 is 0.623 bits per heavy atom. The molecule has 3 rings (SSSR count). The van der Waals surface area contributed by atoms with E-state index in [0.29, 0.717) is 0 Å². The molecule has 10 atom stereocenters. The highest BCUT2D eigenvalue weighted by Gasteiger charge is 2.57. The summed E-state index contributed by atoms with van der Waals surface area (Å²) in [4.78, 5) is 103. The van der Waals surface area contributed by atoms with E-state index in [2.05, 4.69) is 4.98 Å². The van der Waals surface area contributed by atoms with Gasteiger partial charge in [0.1, 0.15) is 31.5 Å². The van der Waals surface area contributed by atoms with E-state index in [1.807, 2.05) is 0 Å². The maximum absolute atomic E-state index is 13.2. The molecule has 0 saturated carbocycles. The number of hydrogen-bond acceptors (Lipinski definition) is 20. The van der Waals surface area contributed by atoms with Gasteiger partial charge in [-0.1, -0.05) is 0 Å². The van der Waals surface area contributed by atoms with Gasteiger partial charge in [0, 0.05) is 60.7 Å². The SMILES string of the molecule is CCOc1ccn(C2OC(COC(C)=O)C(OC3OC(COC(C)=O)C(OC(C)=O)C(OC(C)=O)C3OC(C)=O)C(OC(C)=O)C2OC(C)=O)c(=O)n1. The largest absolute Gasteiger partial charge is 0.478 e. The minimum Gasteiger partial charge on any atom is -0.478 e. The molecule has 1 aromatic rings. The van der Waals surface area contributed by atoms with Gasteiger partial charge in [0.25, 0.3) is 0 Å². The Balaban J connectivity index is 2.23. The van der Waals surface area contributed by atoms with Crippen LogP contribution in [0, 0.1) is 0 Å². The fourth-order valence-electron chi connectivity index (χ4n) is 5.53. The van der Waals surface area contributed by atoms with Gasteiger partial charge in [-0.3, -0.25) is 38.1 Å². The lowest BCUT2D eigenvalue weighted by molar-refractivity contribution is -0.349. The Morgan fingerprint density at radius 3 is 1.55 bits per heavy atom. The molecule has 2 fully saturated rings. The van der Waals surface area contributed by atoms with Crippen LogP contribution in [0.5, 0.6) is 5.88 Å². The molecule has 3 heterocycles. The van der Waals surface area contributed by atoms with Gasteiger partial charge in [0.15, 0.2) is 43.0 Å². The topological polar surface area (TPSA) is 256 Å². The van der Waals surface area contributed by atoms with E-state index in [1.165, 1.54) is 12.3 Å². The molecule has 21 nitrogen and oxygen atoms in total. The molecule has 0 aliphatic carbocycles. The van der Waals surface area contributed by atoms with Crippen molar-refractivity contribution in [1.82, 2.24) is 9.55 Å². The van der Waals surface area contributed by atoms with Gasteiger partial charge in [-0.25, -0.2) is 4.79 Å². The van der Waals surface area contributed by atoms with Gasteiger partial charge in [0.05, 0.1) is 6.61 Å². The van der Waals surface area contributed by atoms with Crippen LogP contribution in [-0.4, -0.2) is 126 Å². The Hall–Kier alpha value is -5.15. The van der Waals surface area contributed by atoms with Gasteiger partial charge in [-0.2, -0.15) is 4.98 Å². The lowest BCUT2D eigenvalue weighted by Gasteiger charge is -2.48. The molecule has 0 bridgehead atoms. The van der Waals surface area contributed by atoms with Gasteiger partial charge in [-0.05, 0) is 6.92 Å². The quantitative estimate of drug-likeness (QED) is 0.170. The molecule has 0 radical (unpaired) electrons. The fraction of sp³-hybridized carbons (Fsp3) is 0.656. The van der Waals surface area contributed by atoms with Crippen LogP contribution >= 0.6 is 0 Å². The number of carbonyl (C=O) groups excluding carboxylic acids is 7. The van der Waals surface area contributed by atoms with Crippen LogP contribution < -0.4 is 10.4 Å². The summed E-state index contributed by atoms with van der Waals surface area (Å²) < 4.78 is 62.6. The molecule has 0 aromatic carbocycles. The molecular formula is C32H42N2O19. The summed E-state index contributed by atoms with van der Waals surface area (Å²) in [5.41, 5.74) is -0.940. The number of carbonyl (C=O) groups is 7. The third-order valence-electron chi connectivity index (χ3n) is 7.27. The summed E-state index contributed by atoms with van der Waals surface area (Å²) in [7, 11) is 0. The summed E-state index contributed by atoms with van der Waals surface area (Å²) >= 11 is 0. The second-order valence-corrected chi connectivity index (χ2v) is 11.6. The zero-order chi connectivity index (χ0) is 39.6. The first-order chi connectivity index (χ1) is 24.9. The zero-order valence-corrected chi connectivity index (χ0v) is 30.2. The Morgan fingerprint density at radius 2 is 1.08 bits per heavy atom. The van der Waals surface area contributed by atoms with Gasteiger partial charge < -0.3 is 52.1 Å². The third-order valence-corrected chi connectivity index (χ3v) is 7.27. The van der Waals surface area contributed by atoms with Crippen molar-refractivity contribution in [1.29, 1.82) is 0 Å². The van der Waals surface area contributed by atoms with Crippen LogP contribution in [0.25, 0.3) is 0 Å². The average Bonchev–Trinajstić information content (AvgIpc) is 3.03. The smallest absolute Gasteiger partial charge is 0.353 e. The van der Waals surface area contributed by atoms with E-state index >= 15 is 0 Å². The number of nitrogens with zero attached hydrogens (tertiary/aromatic N) is 2. The summed E-state index contributed by atoms with van der Waals surface area (Å²) in [6.45, 7) is 7.90. The van der Waals surface area contributed by atoms with Crippen molar-refractivity contribution < 1.29 is 85.7 Å². The fourth-order valence-corrected chi connectivity index (χ4v) is 5.53. The minimum atomic E-state index is -1.86. The van der Waals surface area contributed by atoms with Gasteiger partial charge in [-0.15, -0.1) is 0 Å². The number of hydrogen-bond donors (Lipinski definition) is 0. The van der Waals surface area contributed by atoms with Crippen molar-refractivity contribution in [3.63, 3.8) is 0 Å². The first kappa shape index (κ1) is 42.3. The van der Waals surface area contributed by atoms with Crippen molar-refractivity contribution >= 4 is 41.8 Å². The molecule has 1 aromatic heterocycles. The van der Waals surface area contributed by atoms with Crippen LogP contribution in [0.3, 0.4) is 0 Å². The van der Waals surface area contributed by atoms with Gasteiger partial charge >= 0.3 is 47.5 Å². The molecule has 10 unspecified atom stereocenters. The standard InChI is InChI=1S/C32H42N2O19/c1-9-43-23-10-11-34(32(42)33-23)30-28(49-19(7)40)26(47-17(5)38)25(21(51-30)12-44-14(2)35)53-31-29(50-20(8)41)27(48-18(6)39)24(46-16(4)37)22(52-31)13-45-15(3)36/h10-11,21-22,24-31H,9,12-13H2,1-8H3. The van der Waals surface area contributed by atoms with E-state index in [9.17, 15) is 38.4 Å². The summed E-state index contributed by atoms with van der Waals surface area (Å²) in [5.74, 6) is -6.20. The molecule has 2 aliphatic rings. The van der Waals surface area contributed by atoms with Crippen LogP contribution in [0.2, 0.25) is 0 Å². The van der Waals surface area contributed by atoms with E-state index in [0.717, 1.165) is 53.0 Å². The predicted molar refractivity (Wildman–Crippen MR) is 168 cm³/mol. The molecule has 2 aliphatic heterocycles. The molecule has 0 spiro atoms. The van der Waals surface area contributed by atoms with Crippen molar-refractivity contribution in [2.75, 3.05) is 19.8 Å². The monoisotopic (exact) mass is 758 g/mol. The Kier molecular flexibility index (Phi) is 15.2. The minimum absolute atomic E-state index is 0.0357. The molecule has 0 N–H and O–H groups in total. The highest BCUT2D eigenvalue weighted by atomic mass is 16.8. The first-order valence-corrected chi connectivity index (χ1v) is 16.2. The van der Waals surface area contributed by atoms with Crippen molar-refractivity contribution in [3.05, 3.63) is 22.7 Å². The highest BCUT2D eigenvalue weighted by Crippen LogP contribution is 2.37. The Labute approximate surface area is 302 Å². The number of esters is 7. The second-order valence-electron chi connectivity index (χ2n) is 11.6. The second kappa shape index (κ2) is 19.1. The number of rotatable bonds is 14. The summed E-state index contributed by atoms with van der Waals surface area (Å²) in [6.07, 6.45) is -15.2. The average molecular weight is 759 g/mol. The summed E-state index contributed by atoms with van der Waals surface area (Å²) in [5, 5.41) is 0. The lowest BCUT2D eigenvalue weighted by Crippen LogP contribution is -2.66. The van der Waals surface area contributed by atoms with Crippen LogP contribution in [0.1, 0.15) is 61.6 Å². The molecule has 21 heteroatoms. The van der Waals surface area contributed by atoms with Gasteiger partial charge in [0.2, 0.25) is 5.88 Å². The molecule has 294 valence electrons. The zero-order valence-electron chi connectivity index (χ0n) is 30.2. The number of aromatic nitrogens is 2. The highest BCUT2D eigenvalue weighted by molar-refractivity contribution is 5.69. The molecule has 0 amide bonds. The molecule has 2 saturated heterocycles. The normalized spacial score (nSPS) is 28.0. The predicted octanol–water partition coefficient (Wildman–Crippen LogP) is -0.566. The van der Waals surface area contributed by atoms with Crippen LogP contribution in [-0.2, 0) is 80.9 Å². The lowest BCUT2D eigenvalue weighted by atomic mass is 9.95. The van der Waals surface area contributed by atoms with E-state index in [1.54, 1.807) is 6.92 Å². The maximum atomic E-state index is 13.2. The Bertz CT molecular complexity index is 1580. The van der Waals surface area contributed by atoms with Crippen molar-refractivity contribution in [2.24, 2.45) is 0 Å². The van der Waals surface area contributed by atoms with E-state index in [4.69, 9.17) is 52.1 Å². The van der Waals surface area contributed by atoms with E-state index in [-0.39, 0.29) is 12.5 Å². The molecular weight excluding hydrogens is 716 g/mol. The maximum Gasteiger partial charge on any atom is 0.353 e. The van der Waals surface area contributed by atoms with Crippen LogP contribution in [0.15, 0.2) is 17.1 Å². The first-order valence-electron chi connectivity index (χ1n) is 16.2. The third kappa shape index (κ3) is 11.9.